The summed E-state index contributed by atoms with van der Waals surface area (Å²) in [6.45, 7) is 3.76. The van der Waals surface area contributed by atoms with Gasteiger partial charge in [-0.15, -0.1) is 0 Å². The summed E-state index contributed by atoms with van der Waals surface area (Å²) < 4.78 is 7.18. The molecule has 1 heterocycles. The maximum Gasteiger partial charge on any atom is 0.153 e. The van der Waals surface area contributed by atoms with Crippen LogP contribution in [0.2, 0.25) is 10.2 Å². The molecule has 18 heavy (non-hydrogen) atoms. The molecule has 2 rings (SSSR count). The fourth-order valence-corrected chi connectivity index (χ4v) is 2.45. The van der Waals surface area contributed by atoms with E-state index in [0.717, 1.165) is 17.2 Å². The first-order valence-electron chi connectivity index (χ1n) is 5.69. The number of fused-ring (bicyclic) bond motifs is 1. The van der Waals surface area contributed by atoms with Gasteiger partial charge in [0.15, 0.2) is 6.29 Å². The lowest BCUT2D eigenvalue weighted by Crippen LogP contribution is -2.05. The van der Waals surface area contributed by atoms with Crippen molar-refractivity contribution in [2.24, 2.45) is 0 Å². The number of carbonyl (C=O) groups is 1. The number of halogens is 2. The van der Waals surface area contributed by atoms with Crippen LogP contribution in [0.1, 0.15) is 17.3 Å². The van der Waals surface area contributed by atoms with E-state index < -0.39 is 0 Å². The zero-order chi connectivity index (χ0) is 13.1. The fraction of sp³-hybridized carbons (Fsp3) is 0.308. The van der Waals surface area contributed by atoms with Crippen LogP contribution >= 0.6 is 23.2 Å². The summed E-state index contributed by atoms with van der Waals surface area (Å²) in [7, 11) is 0. The van der Waals surface area contributed by atoms with Crippen molar-refractivity contribution in [3.8, 4) is 0 Å². The number of ether oxygens (including phenoxy) is 1. The second-order valence-electron chi connectivity index (χ2n) is 3.83. The number of hydrogen-bond acceptors (Lipinski definition) is 2. The van der Waals surface area contributed by atoms with Crippen molar-refractivity contribution in [2.45, 2.75) is 13.5 Å². The maximum atomic E-state index is 11.1. The Bertz CT molecular complexity index is 578. The van der Waals surface area contributed by atoms with Crippen LogP contribution in [-0.4, -0.2) is 24.1 Å². The van der Waals surface area contributed by atoms with Crippen molar-refractivity contribution in [2.75, 3.05) is 13.2 Å². The van der Waals surface area contributed by atoms with Gasteiger partial charge >= 0.3 is 0 Å². The summed E-state index contributed by atoms with van der Waals surface area (Å²) >= 11 is 12.2. The fourth-order valence-electron chi connectivity index (χ4n) is 1.95. The Kier molecular flexibility index (Phi) is 4.27. The standard InChI is InChI=1S/C13H13Cl2NO2/c1-2-18-6-5-16-12-4-3-9(14)7-10(12)11(8-17)13(16)15/h3-4,7-8H,2,5-6H2,1H3. The van der Waals surface area contributed by atoms with Gasteiger partial charge in [0, 0.05) is 23.6 Å². The van der Waals surface area contributed by atoms with E-state index >= 15 is 0 Å². The monoisotopic (exact) mass is 285 g/mol. The van der Waals surface area contributed by atoms with Crippen LogP contribution in [0.3, 0.4) is 0 Å². The number of rotatable bonds is 5. The van der Waals surface area contributed by atoms with Crippen molar-refractivity contribution in [3.05, 3.63) is 33.9 Å². The molecule has 0 aliphatic heterocycles. The molecular weight excluding hydrogens is 273 g/mol. The van der Waals surface area contributed by atoms with E-state index in [1.165, 1.54) is 0 Å². The summed E-state index contributed by atoms with van der Waals surface area (Å²) in [5, 5.41) is 1.80. The molecule has 0 aliphatic carbocycles. The highest BCUT2D eigenvalue weighted by molar-refractivity contribution is 6.35. The van der Waals surface area contributed by atoms with Crippen molar-refractivity contribution in [1.29, 1.82) is 0 Å². The predicted molar refractivity (Wildman–Crippen MR) is 73.8 cm³/mol. The van der Waals surface area contributed by atoms with Crippen LogP contribution in [-0.2, 0) is 11.3 Å². The number of aromatic nitrogens is 1. The molecule has 0 amide bonds. The quantitative estimate of drug-likeness (QED) is 0.618. The Hall–Kier alpha value is -1.03. The SMILES string of the molecule is CCOCCn1c(Cl)c(C=O)c2cc(Cl)ccc21. The molecule has 1 aromatic heterocycles. The Morgan fingerprint density at radius 3 is 2.83 bits per heavy atom. The lowest BCUT2D eigenvalue weighted by Gasteiger charge is -2.07. The molecule has 0 saturated carbocycles. The van der Waals surface area contributed by atoms with Gasteiger partial charge in [-0.1, -0.05) is 23.2 Å². The number of benzene rings is 1. The van der Waals surface area contributed by atoms with E-state index in [-0.39, 0.29) is 0 Å². The van der Waals surface area contributed by atoms with Crippen LogP contribution in [0.25, 0.3) is 10.9 Å². The molecular formula is C13H13Cl2NO2. The van der Waals surface area contributed by atoms with Crippen LogP contribution in [0, 0.1) is 0 Å². The molecule has 0 saturated heterocycles. The zero-order valence-corrected chi connectivity index (χ0v) is 11.5. The molecule has 0 fully saturated rings. The van der Waals surface area contributed by atoms with Crippen LogP contribution in [0.4, 0.5) is 0 Å². The third-order valence-electron chi connectivity index (χ3n) is 2.78. The van der Waals surface area contributed by atoms with Crippen LogP contribution in [0.5, 0.6) is 0 Å². The topological polar surface area (TPSA) is 31.2 Å². The minimum atomic E-state index is 0.432. The maximum absolute atomic E-state index is 11.1. The van der Waals surface area contributed by atoms with E-state index in [1.807, 2.05) is 17.6 Å². The van der Waals surface area contributed by atoms with Gasteiger partial charge in [0.25, 0.3) is 0 Å². The first-order chi connectivity index (χ1) is 8.69. The average Bonchev–Trinajstić information content (AvgIpc) is 2.61. The first-order valence-corrected chi connectivity index (χ1v) is 6.44. The van der Waals surface area contributed by atoms with E-state index in [1.54, 1.807) is 12.1 Å². The van der Waals surface area contributed by atoms with Gasteiger partial charge in [-0.3, -0.25) is 4.79 Å². The predicted octanol–water partition coefficient (Wildman–Crippen LogP) is 3.80. The molecule has 1 aromatic carbocycles. The zero-order valence-electron chi connectivity index (χ0n) is 9.95. The van der Waals surface area contributed by atoms with Gasteiger partial charge in [0.1, 0.15) is 5.15 Å². The van der Waals surface area contributed by atoms with Gasteiger partial charge in [-0.25, -0.2) is 0 Å². The second kappa shape index (κ2) is 5.74. The molecule has 0 bridgehead atoms. The molecule has 0 atom stereocenters. The Morgan fingerprint density at radius 2 is 2.17 bits per heavy atom. The Labute approximate surface area is 115 Å². The highest BCUT2D eigenvalue weighted by Gasteiger charge is 2.15. The van der Waals surface area contributed by atoms with Crippen LogP contribution < -0.4 is 0 Å². The Morgan fingerprint density at radius 1 is 1.39 bits per heavy atom. The van der Waals surface area contributed by atoms with Gasteiger partial charge in [0.05, 0.1) is 17.7 Å². The third-order valence-corrected chi connectivity index (χ3v) is 3.42. The van der Waals surface area contributed by atoms with Gasteiger partial charge < -0.3 is 9.30 Å². The largest absolute Gasteiger partial charge is 0.380 e. The number of nitrogens with zero attached hydrogens (tertiary/aromatic N) is 1. The minimum Gasteiger partial charge on any atom is -0.380 e. The molecule has 0 radical (unpaired) electrons. The summed E-state index contributed by atoms with van der Waals surface area (Å²) in [6.07, 6.45) is 0.762. The molecule has 96 valence electrons. The van der Waals surface area contributed by atoms with E-state index in [4.69, 9.17) is 27.9 Å². The van der Waals surface area contributed by atoms with Crippen LogP contribution in [0.15, 0.2) is 18.2 Å². The summed E-state index contributed by atoms with van der Waals surface area (Å²) in [6, 6.07) is 5.40. The lowest BCUT2D eigenvalue weighted by molar-refractivity contribution is 0.112. The smallest absolute Gasteiger partial charge is 0.153 e. The van der Waals surface area contributed by atoms with Crippen molar-refractivity contribution in [3.63, 3.8) is 0 Å². The lowest BCUT2D eigenvalue weighted by atomic mass is 10.2. The van der Waals surface area contributed by atoms with Gasteiger partial charge in [-0.2, -0.15) is 0 Å². The minimum absolute atomic E-state index is 0.432. The third kappa shape index (κ3) is 2.39. The summed E-state index contributed by atoms with van der Waals surface area (Å²) in [4.78, 5) is 11.1. The van der Waals surface area contributed by atoms with Crippen molar-refractivity contribution in [1.82, 2.24) is 4.57 Å². The molecule has 0 spiro atoms. The van der Waals surface area contributed by atoms with E-state index in [2.05, 4.69) is 0 Å². The number of hydrogen-bond donors (Lipinski definition) is 0. The average molecular weight is 286 g/mol. The van der Waals surface area contributed by atoms with Crippen molar-refractivity contribution < 1.29 is 9.53 Å². The molecule has 0 N–H and O–H groups in total. The molecule has 3 nitrogen and oxygen atoms in total. The summed E-state index contributed by atoms with van der Waals surface area (Å²) in [5.41, 5.74) is 1.37. The molecule has 2 aromatic rings. The number of carbonyl (C=O) groups excluding carboxylic acids is 1. The normalized spacial score (nSPS) is 11.1. The van der Waals surface area contributed by atoms with Crippen molar-refractivity contribution >= 4 is 40.4 Å². The molecule has 5 heteroatoms. The molecule has 0 aliphatic rings. The van der Waals surface area contributed by atoms with Gasteiger partial charge in [-0.05, 0) is 25.1 Å². The first kappa shape index (κ1) is 13.4. The number of aldehydes is 1. The summed E-state index contributed by atoms with van der Waals surface area (Å²) in [5.74, 6) is 0. The highest BCUT2D eigenvalue weighted by Crippen LogP contribution is 2.30. The van der Waals surface area contributed by atoms with E-state index in [9.17, 15) is 4.79 Å². The molecule has 0 unspecified atom stereocenters. The second-order valence-corrected chi connectivity index (χ2v) is 4.63. The van der Waals surface area contributed by atoms with E-state index in [0.29, 0.717) is 35.5 Å². The van der Waals surface area contributed by atoms with Gasteiger partial charge in [0.2, 0.25) is 0 Å². The highest BCUT2D eigenvalue weighted by atomic mass is 35.5. The Balaban J connectivity index is 2.51.